The third-order valence-electron chi connectivity index (χ3n) is 3.55. The van der Waals surface area contributed by atoms with E-state index < -0.39 is 10.0 Å². The molecule has 0 radical (unpaired) electrons. The molecule has 0 aliphatic carbocycles. The highest BCUT2D eigenvalue weighted by molar-refractivity contribution is 9.10. The Hall–Kier alpha value is -0.0800. The van der Waals surface area contributed by atoms with Crippen LogP contribution in [0.5, 0.6) is 0 Å². The highest BCUT2D eigenvalue weighted by Crippen LogP contribution is 2.28. The number of benzene rings is 1. The molecular weight excluding hydrogens is 372 g/mol. The first kappa shape index (κ1) is 17.3. The van der Waals surface area contributed by atoms with Gasteiger partial charge in [0.25, 0.3) is 0 Å². The zero-order valence-electron chi connectivity index (χ0n) is 12.3. The molecule has 1 aliphatic rings. The van der Waals surface area contributed by atoms with Crippen molar-refractivity contribution in [3.8, 4) is 0 Å². The van der Waals surface area contributed by atoms with E-state index in [1.165, 1.54) is 6.42 Å². The number of nitrogens with one attached hydrogen (secondary N) is 2. The Morgan fingerprint density at radius 2 is 2.19 bits per heavy atom. The largest absolute Gasteiger partial charge is 0.316 e. The number of hydrogen-bond donors (Lipinski definition) is 2. The Morgan fingerprint density at radius 1 is 1.43 bits per heavy atom. The molecule has 1 saturated heterocycles. The molecule has 1 aromatic rings. The summed E-state index contributed by atoms with van der Waals surface area (Å²) in [7, 11) is -1.62. The van der Waals surface area contributed by atoms with Gasteiger partial charge in [0.1, 0.15) is 0 Å². The lowest BCUT2D eigenvalue weighted by atomic mass is 10.1. The summed E-state index contributed by atoms with van der Waals surface area (Å²) in [6.45, 7) is 2.98. The second-order valence-electron chi connectivity index (χ2n) is 5.22. The van der Waals surface area contributed by atoms with Gasteiger partial charge in [-0.2, -0.15) is 11.8 Å². The van der Waals surface area contributed by atoms with Crippen LogP contribution in [-0.2, 0) is 16.6 Å². The van der Waals surface area contributed by atoms with E-state index in [2.05, 4.69) is 26.0 Å². The van der Waals surface area contributed by atoms with Crippen LogP contribution in [0, 0.1) is 6.92 Å². The molecule has 0 aromatic heterocycles. The van der Waals surface area contributed by atoms with Crippen LogP contribution in [0.2, 0.25) is 0 Å². The smallest absolute Gasteiger partial charge is 0.240 e. The third kappa shape index (κ3) is 4.45. The van der Waals surface area contributed by atoms with E-state index in [9.17, 15) is 8.42 Å². The molecule has 1 heterocycles. The Bertz CT molecular complexity index is 599. The summed E-state index contributed by atoms with van der Waals surface area (Å²) in [4.78, 5) is 0.366. The number of rotatable bonds is 6. The van der Waals surface area contributed by atoms with Crippen molar-refractivity contribution in [2.45, 2.75) is 36.5 Å². The maximum atomic E-state index is 12.6. The van der Waals surface area contributed by atoms with E-state index in [1.54, 1.807) is 6.07 Å². The van der Waals surface area contributed by atoms with Gasteiger partial charge in [-0.15, -0.1) is 0 Å². The third-order valence-corrected chi connectivity index (χ3v) is 7.32. The van der Waals surface area contributed by atoms with Crippen molar-refractivity contribution in [3.63, 3.8) is 0 Å². The summed E-state index contributed by atoms with van der Waals surface area (Å²) in [5, 5.41) is 3.45. The highest BCUT2D eigenvalue weighted by atomic mass is 79.9. The molecule has 2 N–H and O–H groups in total. The number of sulfonamides is 1. The van der Waals surface area contributed by atoms with Gasteiger partial charge in [-0.1, -0.05) is 15.9 Å². The second-order valence-corrected chi connectivity index (χ2v) is 9.22. The first-order valence-electron chi connectivity index (χ1n) is 6.99. The Balaban J connectivity index is 2.21. The van der Waals surface area contributed by atoms with Crippen LogP contribution in [0.1, 0.15) is 24.0 Å². The van der Waals surface area contributed by atoms with Crippen LogP contribution in [0.25, 0.3) is 0 Å². The van der Waals surface area contributed by atoms with Gasteiger partial charge in [-0.3, -0.25) is 0 Å². The maximum Gasteiger partial charge on any atom is 0.240 e. The lowest BCUT2D eigenvalue weighted by Crippen LogP contribution is -2.30. The van der Waals surface area contributed by atoms with Gasteiger partial charge in [0.2, 0.25) is 10.0 Å². The van der Waals surface area contributed by atoms with Gasteiger partial charge in [-0.25, -0.2) is 13.1 Å². The van der Waals surface area contributed by atoms with Crippen LogP contribution < -0.4 is 10.0 Å². The van der Waals surface area contributed by atoms with Crippen LogP contribution in [0.4, 0.5) is 0 Å². The zero-order chi connectivity index (χ0) is 15.5. The standard InChI is InChI=1S/C14H21BrN2O2S2/c1-10-13(15)6-11(8-16-2)7-14(10)21(18,19)17-9-12-4-3-5-20-12/h6-7,12,16-17H,3-5,8-9H2,1-2H3. The predicted molar refractivity (Wildman–Crippen MR) is 92.3 cm³/mol. The van der Waals surface area contributed by atoms with Gasteiger partial charge < -0.3 is 5.32 Å². The fraction of sp³-hybridized carbons (Fsp3) is 0.571. The van der Waals surface area contributed by atoms with E-state index >= 15 is 0 Å². The Kier molecular flexibility index (Phi) is 6.14. The van der Waals surface area contributed by atoms with Crippen LogP contribution in [0.15, 0.2) is 21.5 Å². The molecule has 0 saturated carbocycles. The van der Waals surface area contributed by atoms with Gasteiger partial charge in [0.15, 0.2) is 0 Å². The van der Waals surface area contributed by atoms with E-state index in [1.807, 2.05) is 31.8 Å². The number of hydrogen-bond acceptors (Lipinski definition) is 4. The first-order chi connectivity index (χ1) is 9.94. The van der Waals surface area contributed by atoms with Gasteiger partial charge in [-0.05, 0) is 55.8 Å². The molecule has 21 heavy (non-hydrogen) atoms. The summed E-state index contributed by atoms with van der Waals surface area (Å²) >= 11 is 5.30. The minimum atomic E-state index is -3.46. The van der Waals surface area contributed by atoms with Crippen molar-refractivity contribution in [1.29, 1.82) is 0 Å². The Morgan fingerprint density at radius 3 is 2.81 bits per heavy atom. The second kappa shape index (κ2) is 7.46. The lowest BCUT2D eigenvalue weighted by molar-refractivity contribution is 0.578. The molecule has 1 atom stereocenters. The van der Waals surface area contributed by atoms with Crippen LogP contribution >= 0.6 is 27.7 Å². The number of thioether (sulfide) groups is 1. The average molecular weight is 393 g/mol. The minimum absolute atomic E-state index is 0.366. The fourth-order valence-electron chi connectivity index (χ4n) is 2.38. The van der Waals surface area contributed by atoms with Crippen molar-refractivity contribution in [2.24, 2.45) is 0 Å². The lowest BCUT2D eigenvalue weighted by Gasteiger charge is -2.15. The molecule has 1 unspecified atom stereocenters. The van der Waals surface area contributed by atoms with Crippen LogP contribution in [-0.4, -0.2) is 33.0 Å². The van der Waals surface area contributed by atoms with E-state index in [0.29, 0.717) is 23.2 Å². The number of halogens is 1. The summed E-state index contributed by atoms with van der Waals surface area (Å²) < 4.78 is 28.7. The molecule has 7 heteroatoms. The molecule has 2 rings (SSSR count). The summed E-state index contributed by atoms with van der Waals surface area (Å²) in [5.74, 6) is 1.13. The van der Waals surface area contributed by atoms with E-state index in [-0.39, 0.29) is 0 Å². The molecule has 0 spiro atoms. The summed E-state index contributed by atoms with van der Waals surface area (Å²) in [6.07, 6.45) is 2.27. The average Bonchev–Trinajstić information content (AvgIpc) is 2.94. The quantitative estimate of drug-likeness (QED) is 0.780. The topological polar surface area (TPSA) is 58.2 Å². The van der Waals surface area contributed by atoms with Crippen molar-refractivity contribution < 1.29 is 8.42 Å². The molecular formula is C14H21BrN2O2S2. The molecule has 0 bridgehead atoms. The van der Waals surface area contributed by atoms with Crippen molar-refractivity contribution in [1.82, 2.24) is 10.0 Å². The van der Waals surface area contributed by atoms with E-state index in [0.717, 1.165) is 27.8 Å². The zero-order valence-corrected chi connectivity index (χ0v) is 15.5. The molecule has 0 amide bonds. The highest BCUT2D eigenvalue weighted by Gasteiger charge is 2.22. The van der Waals surface area contributed by atoms with Crippen molar-refractivity contribution in [3.05, 3.63) is 27.7 Å². The molecule has 1 aliphatic heterocycles. The van der Waals surface area contributed by atoms with Gasteiger partial charge in [0, 0.05) is 22.8 Å². The summed E-state index contributed by atoms with van der Waals surface area (Å²) in [6, 6.07) is 3.71. The normalized spacial score (nSPS) is 19.1. The van der Waals surface area contributed by atoms with Crippen LogP contribution in [0.3, 0.4) is 0 Å². The SMILES string of the molecule is CNCc1cc(Br)c(C)c(S(=O)(=O)NCC2CCCS2)c1. The van der Waals surface area contributed by atoms with E-state index in [4.69, 9.17) is 0 Å². The molecule has 1 aromatic carbocycles. The van der Waals surface area contributed by atoms with Crippen molar-refractivity contribution >= 4 is 37.7 Å². The monoisotopic (exact) mass is 392 g/mol. The predicted octanol–water partition coefficient (Wildman–Crippen LogP) is 2.65. The fourth-order valence-corrected chi connectivity index (χ4v) is 5.72. The van der Waals surface area contributed by atoms with Crippen molar-refractivity contribution in [2.75, 3.05) is 19.3 Å². The van der Waals surface area contributed by atoms with Gasteiger partial charge in [0.05, 0.1) is 4.90 Å². The molecule has 118 valence electrons. The molecule has 4 nitrogen and oxygen atoms in total. The summed E-state index contributed by atoms with van der Waals surface area (Å²) in [5.41, 5.74) is 1.70. The molecule has 1 fully saturated rings. The minimum Gasteiger partial charge on any atom is -0.316 e. The van der Waals surface area contributed by atoms with Gasteiger partial charge >= 0.3 is 0 Å². The maximum absolute atomic E-state index is 12.6. The first-order valence-corrected chi connectivity index (χ1v) is 10.3. The Labute approximate surface area is 139 Å².